The number of nitrogens with two attached hydrogens (primary N) is 1. The summed E-state index contributed by atoms with van der Waals surface area (Å²) in [6, 6.07) is 3.12. The molecule has 6 heteroatoms. The Labute approximate surface area is 105 Å². The molecule has 1 aromatic carbocycles. The molecule has 18 heavy (non-hydrogen) atoms. The highest BCUT2D eigenvalue weighted by molar-refractivity contribution is 5.63. The first-order valence-electron chi connectivity index (χ1n) is 5.95. The Morgan fingerprint density at radius 3 is 2.83 bits per heavy atom. The lowest BCUT2D eigenvalue weighted by atomic mass is 10.1. The summed E-state index contributed by atoms with van der Waals surface area (Å²) < 4.78 is 15.3. The van der Waals surface area contributed by atoms with Crippen molar-refractivity contribution < 1.29 is 4.39 Å². The molecule has 0 bridgehead atoms. The maximum absolute atomic E-state index is 13.7. The van der Waals surface area contributed by atoms with Gasteiger partial charge in [0.05, 0.1) is 0 Å². The molecule has 0 atom stereocenters. The second-order valence-electron chi connectivity index (χ2n) is 4.25. The topological polar surface area (TPSA) is 69.6 Å². The monoisotopic (exact) mass is 249 g/mol. The standard InChI is InChI=1S/C12H16FN5/c1-3-4-5-18-12(15-16-17-18)9-6-10(13)8(2)11(14)7-9/h6-7H,3-5,14H2,1-2H3. The molecule has 0 saturated heterocycles. The molecule has 2 rings (SSSR count). The van der Waals surface area contributed by atoms with Crippen molar-refractivity contribution in [1.82, 2.24) is 20.2 Å². The van der Waals surface area contributed by atoms with Gasteiger partial charge in [-0.3, -0.25) is 0 Å². The lowest BCUT2D eigenvalue weighted by Gasteiger charge is -2.07. The summed E-state index contributed by atoms with van der Waals surface area (Å²) >= 11 is 0. The zero-order valence-corrected chi connectivity index (χ0v) is 10.5. The van der Waals surface area contributed by atoms with Gasteiger partial charge in [-0.05, 0) is 35.9 Å². The fraction of sp³-hybridized carbons (Fsp3) is 0.417. The normalized spacial score (nSPS) is 10.8. The number of rotatable bonds is 4. The Balaban J connectivity index is 2.40. The van der Waals surface area contributed by atoms with Crippen molar-refractivity contribution in [2.75, 3.05) is 5.73 Å². The van der Waals surface area contributed by atoms with Crippen LogP contribution in [0.2, 0.25) is 0 Å². The molecule has 0 unspecified atom stereocenters. The fourth-order valence-corrected chi connectivity index (χ4v) is 1.70. The van der Waals surface area contributed by atoms with Gasteiger partial charge in [0.1, 0.15) is 5.82 Å². The molecule has 5 nitrogen and oxygen atoms in total. The molecule has 2 aromatic rings. The fourth-order valence-electron chi connectivity index (χ4n) is 1.70. The lowest BCUT2D eigenvalue weighted by Crippen LogP contribution is -2.04. The van der Waals surface area contributed by atoms with E-state index >= 15 is 0 Å². The smallest absolute Gasteiger partial charge is 0.182 e. The maximum atomic E-state index is 13.7. The summed E-state index contributed by atoms with van der Waals surface area (Å²) in [5.74, 6) is 0.212. The van der Waals surface area contributed by atoms with Crippen LogP contribution in [0.15, 0.2) is 12.1 Å². The van der Waals surface area contributed by atoms with E-state index in [9.17, 15) is 4.39 Å². The van der Waals surface area contributed by atoms with Crippen LogP contribution in [0.25, 0.3) is 11.4 Å². The van der Waals surface area contributed by atoms with Crippen LogP contribution >= 0.6 is 0 Å². The Morgan fingerprint density at radius 2 is 2.17 bits per heavy atom. The minimum Gasteiger partial charge on any atom is -0.398 e. The molecular formula is C12H16FN5. The molecule has 0 saturated carbocycles. The number of aromatic nitrogens is 4. The summed E-state index contributed by atoms with van der Waals surface area (Å²) in [5.41, 5.74) is 7.23. The number of hydrogen-bond acceptors (Lipinski definition) is 4. The number of nitrogen functional groups attached to an aromatic ring is 1. The largest absolute Gasteiger partial charge is 0.398 e. The van der Waals surface area contributed by atoms with E-state index in [0.717, 1.165) is 12.8 Å². The first-order valence-corrected chi connectivity index (χ1v) is 5.95. The van der Waals surface area contributed by atoms with Crippen LogP contribution < -0.4 is 5.73 Å². The predicted molar refractivity (Wildman–Crippen MR) is 67.3 cm³/mol. The number of anilines is 1. The van der Waals surface area contributed by atoms with Crippen LogP contribution in [0.1, 0.15) is 25.3 Å². The van der Waals surface area contributed by atoms with E-state index in [-0.39, 0.29) is 5.82 Å². The van der Waals surface area contributed by atoms with E-state index in [1.165, 1.54) is 6.07 Å². The van der Waals surface area contributed by atoms with Gasteiger partial charge in [-0.2, -0.15) is 0 Å². The van der Waals surface area contributed by atoms with Crippen LogP contribution in [0.4, 0.5) is 10.1 Å². The number of tetrazole rings is 1. The van der Waals surface area contributed by atoms with Crippen molar-refractivity contribution in [2.24, 2.45) is 0 Å². The number of hydrogen-bond donors (Lipinski definition) is 1. The second-order valence-corrected chi connectivity index (χ2v) is 4.25. The Hall–Kier alpha value is -1.98. The van der Waals surface area contributed by atoms with E-state index in [4.69, 9.17) is 5.73 Å². The zero-order chi connectivity index (χ0) is 13.1. The van der Waals surface area contributed by atoms with Gasteiger partial charge >= 0.3 is 0 Å². The minimum atomic E-state index is -0.338. The van der Waals surface area contributed by atoms with Gasteiger partial charge in [-0.1, -0.05) is 13.3 Å². The van der Waals surface area contributed by atoms with Gasteiger partial charge in [0.25, 0.3) is 0 Å². The van der Waals surface area contributed by atoms with Gasteiger partial charge in [-0.25, -0.2) is 9.07 Å². The summed E-state index contributed by atoms with van der Waals surface area (Å²) in [5, 5.41) is 11.5. The Kier molecular flexibility index (Phi) is 3.55. The molecule has 0 fully saturated rings. The third-order valence-electron chi connectivity index (χ3n) is 2.90. The van der Waals surface area contributed by atoms with Gasteiger partial charge in [0.2, 0.25) is 0 Å². The number of nitrogens with zero attached hydrogens (tertiary/aromatic N) is 4. The number of unbranched alkanes of at least 4 members (excludes halogenated alkanes) is 1. The third kappa shape index (κ3) is 2.32. The molecule has 2 N–H and O–H groups in total. The van der Waals surface area contributed by atoms with E-state index in [2.05, 4.69) is 22.4 Å². The lowest BCUT2D eigenvalue weighted by molar-refractivity contribution is 0.557. The van der Waals surface area contributed by atoms with Crippen molar-refractivity contribution in [1.29, 1.82) is 0 Å². The van der Waals surface area contributed by atoms with Crippen LogP contribution in [0.3, 0.4) is 0 Å². The van der Waals surface area contributed by atoms with E-state index < -0.39 is 0 Å². The van der Waals surface area contributed by atoms with E-state index in [0.29, 0.717) is 29.2 Å². The average Bonchev–Trinajstić information content (AvgIpc) is 2.81. The van der Waals surface area contributed by atoms with Crippen molar-refractivity contribution in [3.05, 3.63) is 23.5 Å². The first kappa shape index (κ1) is 12.5. The highest BCUT2D eigenvalue weighted by Gasteiger charge is 2.12. The van der Waals surface area contributed by atoms with E-state index in [1.807, 2.05) is 0 Å². The average molecular weight is 249 g/mol. The van der Waals surface area contributed by atoms with Crippen molar-refractivity contribution in [3.63, 3.8) is 0 Å². The zero-order valence-electron chi connectivity index (χ0n) is 10.5. The quantitative estimate of drug-likeness (QED) is 0.843. The first-order chi connectivity index (χ1) is 8.63. The molecule has 0 spiro atoms. The number of aryl methyl sites for hydroxylation is 1. The summed E-state index contributed by atoms with van der Waals surface area (Å²) in [6.07, 6.45) is 2.02. The summed E-state index contributed by atoms with van der Waals surface area (Å²) in [7, 11) is 0. The van der Waals surface area contributed by atoms with Gasteiger partial charge in [0.15, 0.2) is 5.82 Å². The molecule has 0 radical (unpaired) electrons. The Morgan fingerprint density at radius 1 is 1.39 bits per heavy atom. The molecule has 96 valence electrons. The van der Waals surface area contributed by atoms with Crippen LogP contribution in [0.5, 0.6) is 0 Å². The summed E-state index contributed by atoms with van der Waals surface area (Å²) in [4.78, 5) is 0. The SMILES string of the molecule is CCCCn1nnnc1-c1cc(N)c(C)c(F)c1. The maximum Gasteiger partial charge on any atom is 0.182 e. The third-order valence-corrected chi connectivity index (χ3v) is 2.90. The molecule has 1 aromatic heterocycles. The highest BCUT2D eigenvalue weighted by atomic mass is 19.1. The van der Waals surface area contributed by atoms with Crippen LogP contribution in [-0.4, -0.2) is 20.2 Å². The van der Waals surface area contributed by atoms with Gasteiger partial charge < -0.3 is 5.73 Å². The Bertz CT molecular complexity index is 526. The second kappa shape index (κ2) is 5.12. The molecule has 0 amide bonds. The highest BCUT2D eigenvalue weighted by Crippen LogP contribution is 2.24. The van der Waals surface area contributed by atoms with Crippen molar-refractivity contribution in [3.8, 4) is 11.4 Å². The van der Waals surface area contributed by atoms with E-state index in [1.54, 1.807) is 17.7 Å². The van der Waals surface area contributed by atoms with Crippen LogP contribution in [0, 0.1) is 12.7 Å². The van der Waals surface area contributed by atoms with Gasteiger partial charge in [-0.15, -0.1) is 5.10 Å². The summed E-state index contributed by atoms with van der Waals surface area (Å²) in [6.45, 7) is 4.45. The molecule has 0 aliphatic rings. The predicted octanol–water partition coefficient (Wildman–Crippen LogP) is 2.17. The number of benzene rings is 1. The van der Waals surface area contributed by atoms with Gasteiger partial charge in [0, 0.05) is 23.4 Å². The van der Waals surface area contributed by atoms with Crippen molar-refractivity contribution in [2.45, 2.75) is 33.2 Å². The minimum absolute atomic E-state index is 0.338. The van der Waals surface area contributed by atoms with Crippen molar-refractivity contribution >= 4 is 5.69 Å². The molecular weight excluding hydrogens is 233 g/mol. The molecule has 0 aliphatic carbocycles. The number of halogens is 1. The van der Waals surface area contributed by atoms with Crippen LogP contribution in [-0.2, 0) is 6.54 Å². The molecule has 0 aliphatic heterocycles. The molecule has 1 heterocycles.